The number of thiazole rings is 1. The van der Waals surface area contributed by atoms with E-state index in [2.05, 4.69) is 23.9 Å². The van der Waals surface area contributed by atoms with E-state index in [4.69, 9.17) is 32.9 Å². The van der Waals surface area contributed by atoms with Gasteiger partial charge in [0.25, 0.3) is 0 Å². The summed E-state index contributed by atoms with van der Waals surface area (Å²) in [5, 5.41) is 16.5. The van der Waals surface area contributed by atoms with Gasteiger partial charge >= 0.3 is 5.97 Å². The Morgan fingerprint density at radius 1 is 1.14 bits per heavy atom. The number of hydrogen-bond acceptors (Lipinski definition) is 7. The van der Waals surface area contributed by atoms with Crippen molar-refractivity contribution < 1.29 is 14.6 Å². The van der Waals surface area contributed by atoms with Gasteiger partial charge in [0.1, 0.15) is 0 Å². The Morgan fingerprint density at radius 2 is 1.89 bits per heavy atom. The SMILES string of the molecule is CCCOc1cc(-c2c(C)nn(-c3nc(-c4ccc(Cl)c(Cl)c4)c(SC(C)C)s3)c2C(=O)O)cc(C)n1. The predicted molar refractivity (Wildman–Crippen MR) is 151 cm³/mol. The van der Waals surface area contributed by atoms with Crippen molar-refractivity contribution in [2.45, 2.75) is 50.5 Å². The molecule has 0 aliphatic heterocycles. The molecule has 11 heteroatoms. The molecule has 0 saturated carbocycles. The summed E-state index contributed by atoms with van der Waals surface area (Å²) in [4.78, 5) is 21.9. The number of carbonyl (C=O) groups is 1. The van der Waals surface area contributed by atoms with Gasteiger partial charge in [0.15, 0.2) is 5.69 Å². The summed E-state index contributed by atoms with van der Waals surface area (Å²) >= 11 is 15.5. The molecule has 0 aliphatic rings. The molecule has 0 radical (unpaired) electrons. The number of carboxylic acids is 1. The minimum Gasteiger partial charge on any atom is -0.478 e. The molecule has 0 bridgehead atoms. The van der Waals surface area contributed by atoms with Crippen LogP contribution < -0.4 is 4.74 Å². The van der Waals surface area contributed by atoms with Crippen molar-refractivity contribution in [3.05, 3.63) is 57.5 Å². The van der Waals surface area contributed by atoms with Gasteiger partial charge in [-0.05, 0) is 44.0 Å². The molecule has 0 aliphatic carbocycles. The van der Waals surface area contributed by atoms with E-state index in [-0.39, 0.29) is 10.9 Å². The lowest BCUT2D eigenvalue weighted by molar-refractivity contribution is 0.0688. The normalized spacial score (nSPS) is 11.4. The monoisotopic (exact) mass is 576 g/mol. The molecule has 7 nitrogen and oxygen atoms in total. The van der Waals surface area contributed by atoms with Gasteiger partial charge in [0, 0.05) is 28.1 Å². The van der Waals surface area contributed by atoms with E-state index < -0.39 is 5.97 Å². The van der Waals surface area contributed by atoms with Crippen LogP contribution in [-0.4, -0.2) is 42.7 Å². The van der Waals surface area contributed by atoms with Crippen LogP contribution in [0.5, 0.6) is 5.88 Å². The Hall–Kier alpha value is -2.59. The lowest BCUT2D eigenvalue weighted by Crippen LogP contribution is -2.09. The van der Waals surface area contributed by atoms with Gasteiger partial charge in [-0.25, -0.2) is 14.8 Å². The summed E-state index contributed by atoms with van der Waals surface area (Å²) in [6, 6.07) is 8.94. The summed E-state index contributed by atoms with van der Waals surface area (Å²) < 4.78 is 8.08. The van der Waals surface area contributed by atoms with Gasteiger partial charge in [-0.1, -0.05) is 61.4 Å². The third-order valence-corrected chi connectivity index (χ3v) is 8.22. The van der Waals surface area contributed by atoms with E-state index in [1.807, 2.05) is 26.0 Å². The van der Waals surface area contributed by atoms with Crippen LogP contribution in [0, 0.1) is 13.8 Å². The number of aromatic nitrogens is 4. The molecule has 194 valence electrons. The Morgan fingerprint density at radius 3 is 2.54 bits per heavy atom. The fourth-order valence-corrected chi connectivity index (χ4v) is 6.55. The zero-order valence-electron chi connectivity index (χ0n) is 21.0. The minimum atomic E-state index is -1.11. The second-order valence-electron chi connectivity index (χ2n) is 8.64. The van der Waals surface area contributed by atoms with Crippen molar-refractivity contribution in [3.63, 3.8) is 0 Å². The van der Waals surface area contributed by atoms with Gasteiger partial charge in [-0.3, -0.25) is 0 Å². The molecule has 0 saturated heterocycles. The fourth-order valence-electron chi connectivity index (χ4n) is 3.78. The fraction of sp³-hybridized carbons (Fsp3) is 0.308. The molecule has 0 atom stereocenters. The summed E-state index contributed by atoms with van der Waals surface area (Å²) in [5.74, 6) is -0.655. The first-order valence-corrected chi connectivity index (χ1v) is 14.1. The smallest absolute Gasteiger partial charge is 0.355 e. The molecule has 0 unspecified atom stereocenters. The third-order valence-electron chi connectivity index (χ3n) is 5.24. The van der Waals surface area contributed by atoms with Crippen LogP contribution in [0.3, 0.4) is 0 Å². The van der Waals surface area contributed by atoms with Crippen LogP contribution in [0.25, 0.3) is 27.5 Å². The summed E-state index contributed by atoms with van der Waals surface area (Å²) in [7, 11) is 0. The highest BCUT2D eigenvalue weighted by molar-refractivity contribution is 8.01. The highest BCUT2D eigenvalue weighted by Gasteiger charge is 2.27. The number of aryl methyl sites for hydroxylation is 2. The average molecular weight is 578 g/mol. The molecule has 1 aromatic carbocycles. The van der Waals surface area contributed by atoms with Crippen LogP contribution in [-0.2, 0) is 0 Å². The molecular weight excluding hydrogens is 551 g/mol. The second kappa shape index (κ2) is 11.4. The van der Waals surface area contributed by atoms with Crippen molar-refractivity contribution >= 4 is 52.3 Å². The molecule has 4 rings (SSSR count). The summed E-state index contributed by atoms with van der Waals surface area (Å²) in [5.41, 5.74) is 4.00. The van der Waals surface area contributed by atoms with Crippen LogP contribution in [0.2, 0.25) is 10.0 Å². The summed E-state index contributed by atoms with van der Waals surface area (Å²) in [6.07, 6.45) is 0.838. The van der Waals surface area contributed by atoms with Crippen LogP contribution in [0.1, 0.15) is 49.1 Å². The number of halogens is 2. The number of carboxylic acid groups (broad SMARTS) is 1. The number of hydrogen-bond donors (Lipinski definition) is 1. The van der Waals surface area contributed by atoms with Crippen LogP contribution >= 0.6 is 46.3 Å². The number of pyridine rings is 1. The first-order valence-electron chi connectivity index (χ1n) is 11.7. The molecular formula is C26H26Cl2N4O3S2. The van der Waals surface area contributed by atoms with Gasteiger partial charge in [0.2, 0.25) is 11.0 Å². The van der Waals surface area contributed by atoms with Gasteiger partial charge in [-0.2, -0.15) is 9.78 Å². The maximum atomic E-state index is 12.6. The highest BCUT2D eigenvalue weighted by atomic mass is 35.5. The molecule has 0 fully saturated rings. The summed E-state index contributed by atoms with van der Waals surface area (Å²) in [6.45, 7) is 10.4. The first kappa shape index (κ1) is 27.4. The van der Waals surface area contributed by atoms with Crippen molar-refractivity contribution in [2.24, 2.45) is 0 Å². The van der Waals surface area contributed by atoms with E-state index in [0.29, 0.717) is 50.2 Å². The zero-order chi connectivity index (χ0) is 26.9. The average Bonchev–Trinajstić information content (AvgIpc) is 3.39. The van der Waals surface area contributed by atoms with E-state index in [0.717, 1.165) is 21.9 Å². The first-order chi connectivity index (χ1) is 17.6. The zero-order valence-corrected chi connectivity index (χ0v) is 24.1. The van der Waals surface area contributed by atoms with Crippen LogP contribution in [0.15, 0.2) is 34.5 Å². The van der Waals surface area contributed by atoms with E-state index >= 15 is 0 Å². The number of thioether (sulfide) groups is 1. The third kappa shape index (κ3) is 5.95. The Labute approximate surface area is 233 Å². The van der Waals surface area contributed by atoms with E-state index in [1.165, 1.54) is 16.0 Å². The molecule has 1 N–H and O–H groups in total. The Bertz CT molecular complexity index is 1470. The maximum absolute atomic E-state index is 12.6. The van der Waals surface area contributed by atoms with Crippen molar-refractivity contribution in [2.75, 3.05) is 6.61 Å². The number of rotatable bonds is 9. The number of benzene rings is 1. The highest BCUT2D eigenvalue weighted by Crippen LogP contribution is 2.42. The lowest BCUT2D eigenvalue weighted by Gasteiger charge is -2.09. The van der Waals surface area contributed by atoms with Crippen molar-refractivity contribution in [1.29, 1.82) is 0 Å². The number of aromatic carboxylic acids is 1. The molecule has 0 amide bonds. The Balaban J connectivity index is 1.89. The van der Waals surface area contributed by atoms with E-state index in [1.54, 1.807) is 36.9 Å². The lowest BCUT2D eigenvalue weighted by atomic mass is 10.0. The molecule has 0 spiro atoms. The topological polar surface area (TPSA) is 90.1 Å². The van der Waals surface area contributed by atoms with Gasteiger partial charge in [-0.15, -0.1) is 11.8 Å². The van der Waals surface area contributed by atoms with Crippen molar-refractivity contribution in [3.8, 4) is 33.4 Å². The van der Waals surface area contributed by atoms with Crippen LogP contribution in [0.4, 0.5) is 0 Å². The quantitative estimate of drug-likeness (QED) is 0.202. The largest absolute Gasteiger partial charge is 0.478 e. The van der Waals surface area contributed by atoms with Gasteiger partial charge < -0.3 is 9.84 Å². The number of ether oxygens (including phenoxy) is 1. The second-order valence-corrected chi connectivity index (χ2v) is 12.3. The van der Waals surface area contributed by atoms with Crippen molar-refractivity contribution in [1.82, 2.24) is 19.7 Å². The van der Waals surface area contributed by atoms with E-state index in [9.17, 15) is 9.90 Å². The maximum Gasteiger partial charge on any atom is 0.355 e. The molecule has 37 heavy (non-hydrogen) atoms. The van der Waals surface area contributed by atoms with Gasteiger partial charge in [0.05, 0.1) is 32.2 Å². The number of nitrogens with zero attached hydrogens (tertiary/aromatic N) is 4. The standard InChI is InChI=1S/C26H26Cl2N4O3S2/c1-6-9-35-20-12-17(10-14(4)29-20)21-15(5)31-32(23(21)24(33)34)26-30-22(25(37-26)36-13(2)3)16-7-8-18(27)19(28)11-16/h7-8,10-13H,6,9H2,1-5H3,(H,33,34). The predicted octanol–water partition coefficient (Wildman–Crippen LogP) is 7.97. The molecule has 3 aromatic heterocycles. The Kier molecular flexibility index (Phi) is 8.48. The molecule has 4 aromatic rings. The minimum absolute atomic E-state index is 0.0278. The molecule has 3 heterocycles.